The van der Waals surface area contributed by atoms with E-state index in [4.69, 9.17) is 11.1 Å². The molecule has 11 nitrogen and oxygen atoms in total. The number of imidazole rings is 1. The Morgan fingerprint density at radius 2 is 1.67 bits per heavy atom. The smallest absolute Gasteiger partial charge is 0.410 e. The summed E-state index contributed by atoms with van der Waals surface area (Å²) in [6.45, 7) is 11.4. The number of ether oxygens (including phenoxy) is 1. The maximum absolute atomic E-state index is 13.9. The minimum atomic E-state index is -0.626. The van der Waals surface area contributed by atoms with Crippen molar-refractivity contribution in [3.8, 4) is 0 Å². The van der Waals surface area contributed by atoms with Crippen LogP contribution < -0.4 is 4.90 Å². The minimum absolute atomic E-state index is 0.0164. The summed E-state index contributed by atoms with van der Waals surface area (Å²) in [6, 6.07) is 12.6. The van der Waals surface area contributed by atoms with E-state index in [1.807, 2.05) is 20.8 Å². The Hall–Kier alpha value is -4.65. The van der Waals surface area contributed by atoms with E-state index in [0.717, 1.165) is 11.1 Å². The Bertz CT molecular complexity index is 1840. The number of hydrogen-bond acceptors (Lipinski definition) is 8. The summed E-state index contributed by atoms with van der Waals surface area (Å²) in [5.74, 6) is 0.322. The molecular weight excluding hydrogens is 592 g/mol. The van der Waals surface area contributed by atoms with E-state index in [9.17, 15) is 13.6 Å². The van der Waals surface area contributed by atoms with E-state index in [-0.39, 0.29) is 42.6 Å². The third kappa shape index (κ3) is 6.23. The van der Waals surface area contributed by atoms with Crippen molar-refractivity contribution in [2.75, 3.05) is 31.6 Å². The maximum Gasteiger partial charge on any atom is 0.410 e. The molecule has 1 saturated heterocycles. The van der Waals surface area contributed by atoms with E-state index in [1.165, 1.54) is 29.2 Å². The van der Waals surface area contributed by atoms with Crippen LogP contribution in [-0.4, -0.2) is 89.4 Å². The van der Waals surface area contributed by atoms with Gasteiger partial charge in [0.25, 0.3) is 5.78 Å². The van der Waals surface area contributed by atoms with Crippen LogP contribution in [0.3, 0.4) is 0 Å². The molecule has 4 heterocycles. The Kier molecular flexibility index (Phi) is 8.01. The molecule has 1 aliphatic heterocycles. The summed E-state index contributed by atoms with van der Waals surface area (Å²) >= 11 is 0. The lowest BCUT2D eigenvalue weighted by Crippen LogP contribution is -2.57. The van der Waals surface area contributed by atoms with Gasteiger partial charge in [0.1, 0.15) is 30.5 Å². The largest absolute Gasteiger partial charge is 0.444 e. The van der Waals surface area contributed by atoms with Crippen LogP contribution in [0.1, 0.15) is 53.2 Å². The van der Waals surface area contributed by atoms with Crippen molar-refractivity contribution in [3.63, 3.8) is 0 Å². The van der Waals surface area contributed by atoms with Gasteiger partial charge in [-0.3, -0.25) is 4.90 Å². The first-order valence-corrected chi connectivity index (χ1v) is 15.3. The predicted octanol–water partition coefficient (Wildman–Crippen LogP) is 5.31. The number of likely N-dealkylation sites (N-methyl/N-ethyl adjacent to an activating group) is 1. The van der Waals surface area contributed by atoms with Gasteiger partial charge >= 0.3 is 6.09 Å². The first kappa shape index (κ1) is 30.0. The molecular formula is C33H39F2N9O2. The van der Waals surface area contributed by atoms with Crippen LogP contribution in [0.4, 0.5) is 19.4 Å². The SMILES string of the molecule is [2H]c1nc2c(N3C[C@@H](C)N(C(c4ccc(F)cc4)c4ccc(F)cc4)C[C@@H]3C)nc3nncn3c2n1CCN(C)C(=O)OC(C)(C)C. The van der Waals surface area contributed by atoms with Gasteiger partial charge in [0.2, 0.25) is 0 Å². The average Bonchev–Trinajstić information content (AvgIpc) is 3.61. The normalized spacial score (nSPS) is 18.0. The topological polar surface area (TPSA) is 96.9 Å². The number of benzene rings is 2. The van der Waals surface area contributed by atoms with Gasteiger partial charge in [-0.2, -0.15) is 4.98 Å². The Morgan fingerprint density at radius 3 is 2.28 bits per heavy atom. The predicted molar refractivity (Wildman–Crippen MR) is 171 cm³/mol. The fourth-order valence-electron chi connectivity index (χ4n) is 6.04. The second-order valence-electron chi connectivity index (χ2n) is 12.9. The van der Waals surface area contributed by atoms with E-state index in [1.54, 1.807) is 46.6 Å². The first-order chi connectivity index (χ1) is 22.3. The molecule has 0 unspecified atom stereocenters. The monoisotopic (exact) mass is 632 g/mol. The number of piperazine rings is 1. The highest BCUT2D eigenvalue weighted by molar-refractivity contribution is 5.86. The number of anilines is 1. The van der Waals surface area contributed by atoms with Crippen LogP contribution >= 0.6 is 0 Å². The number of rotatable bonds is 7. The van der Waals surface area contributed by atoms with Crippen molar-refractivity contribution in [2.45, 2.75) is 64.9 Å². The van der Waals surface area contributed by atoms with Crippen LogP contribution in [0.15, 0.2) is 61.2 Å². The second-order valence-corrected chi connectivity index (χ2v) is 12.9. The molecule has 46 heavy (non-hydrogen) atoms. The first-order valence-electron chi connectivity index (χ1n) is 15.8. The van der Waals surface area contributed by atoms with Crippen molar-refractivity contribution in [2.24, 2.45) is 0 Å². The van der Waals surface area contributed by atoms with E-state index in [0.29, 0.717) is 42.4 Å². The lowest BCUT2D eigenvalue weighted by Gasteiger charge is -2.48. The molecule has 242 valence electrons. The summed E-state index contributed by atoms with van der Waals surface area (Å²) in [6.07, 6.45) is 1.11. The molecule has 1 amide bonds. The average molecular weight is 633 g/mol. The molecule has 3 aromatic heterocycles. The van der Waals surface area contributed by atoms with Gasteiger partial charge in [0.05, 0.1) is 12.3 Å². The molecule has 0 spiro atoms. The molecule has 1 aliphatic rings. The van der Waals surface area contributed by atoms with Crippen LogP contribution in [0, 0.1) is 11.6 Å². The maximum atomic E-state index is 13.9. The molecule has 0 aliphatic carbocycles. The fourth-order valence-corrected chi connectivity index (χ4v) is 6.04. The van der Waals surface area contributed by atoms with Crippen LogP contribution in [0.5, 0.6) is 0 Å². The molecule has 2 atom stereocenters. The highest BCUT2D eigenvalue weighted by Crippen LogP contribution is 2.36. The zero-order chi connectivity index (χ0) is 33.6. The van der Waals surface area contributed by atoms with Gasteiger partial charge in [0, 0.05) is 45.3 Å². The highest BCUT2D eigenvalue weighted by Gasteiger charge is 2.37. The van der Waals surface area contributed by atoms with Crippen LogP contribution in [0.25, 0.3) is 16.9 Å². The number of amides is 1. The third-order valence-electron chi connectivity index (χ3n) is 8.30. The zero-order valence-corrected chi connectivity index (χ0v) is 26.9. The lowest BCUT2D eigenvalue weighted by molar-refractivity contribution is 0.0294. The molecule has 0 bridgehead atoms. The molecule has 1 fully saturated rings. The summed E-state index contributed by atoms with van der Waals surface area (Å²) in [5.41, 5.74) is 2.33. The lowest BCUT2D eigenvalue weighted by atomic mass is 9.93. The van der Waals surface area contributed by atoms with Crippen LogP contribution in [0.2, 0.25) is 0 Å². The third-order valence-corrected chi connectivity index (χ3v) is 8.30. The number of carbonyl (C=O) groups excluding carboxylic acids is 1. The van der Waals surface area contributed by atoms with Crippen LogP contribution in [-0.2, 0) is 11.3 Å². The van der Waals surface area contributed by atoms with Gasteiger partial charge in [-0.05, 0) is 70.0 Å². The molecule has 13 heteroatoms. The number of fused-ring (bicyclic) bond motifs is 3. The molecule has 0 saturated carbocycles. The van der Waals surface area contributed by atoms with Gasteiger partial charge in [-0.15, -0.1) is 10.2 Å². The Balaban J connectivity index is 1.33. The number of halogens is 2. The van der Waals surface area contributed by atoms with E-state index in [2.05, 4.69) is 38.8 Å². The second kappa shape index (κ2) is 12.3. The number of nitrogens with zero attached hydrogens (tertiary/aromatic N) is 9. The summed E-state index contributed by atoms with van der Waals surface area (Å²) in [7, 11) is 1.66. The molecule has 2 aromatic carbocycles. The summed E-state index contributed by atoms with van der Waals surface area (Å²) in [5, 5.41) is 8.32. The number of hydrogen-bond donors (Lipinski definition) is 0. The minimum Gasteiger partial charge on any atom is -0.444 e. The van der Waals surface area contributed by atoms with Gasteiger partial charge in [-0.1, -0.05) is 24.3 Å². The van der Waals surface area contributed by atoms with Crippen molar-refractivity contribution in [1.29, 1.82) is 0 Å². The number of carbonyl (C=O) groups is 1. The molecule has 6 rings (SSSR count). The van der Waals surface area contributed by atoms with Gasteiger partial charge in [-0.25, -0.2) is 23.0 Å². The Morgan fingerprint density at radius 1 is 1.04 bits per heavy atom. The highest BCUT2D eigenvalue weighted by atomic mass is 19.1. The van der Waals surface area contributed by atoms with E-state index < -0.39 is 11.7 Å². The standard InChI is InChI=1S/C33H39F2N9O2/c1-21-18-43(22(2)17-42(21)28(23-7-11-25(34)12-8-23)24-9-13-26(35)14-10-24)29-27-30(44-20-37-39-31(44)38-29)41(19-36-27)16-15-40(6)32(45)46-33(3,4)5/h7-14,19-22,28H,15-18H2,1-6H3/t21-,22+/m1/s1/i19D. The van der Waals surface area contributed by atoms with Gasteiger partial charge < -0.3 is 19.1 Å². The van der Waals surface area contributed by atoms with Gasteiger partial charge in [0.15, 0.2) is 11.5 Å². The fraction of sp³-hybridized carbons (Fsp3) is 0.424. The summed E-state index contributed by atoms with van der Waals surface area (Å²) < 4.78 is 45.6. The van der Waals surface area contributed by atoms with E-state index >= 15 is 0 Å². The quantitative estimate of drug-likeness (QED) is 0.238. The number of aromatic nitrogens is 6. The van der Waals surface area contributed by atoms with Crippen molar-refractivity contribution in [3.05, 3.63) is 83.9 Å². The van der Waals surface area contributed by atoms with Crippen molar-refractivity contribution >= 4 is 28.9 Å². The molecule has 0 N–H and O–H groups in total. The Labute approximate surface area is 267 Å². The molecule has 0 radical (unpaired) electrons. The molecule has 5 aromatic rings. The zero-order valence-electron chi connectivity index (χ0n) is 27.9. The summed E-state index contributed by atoms with van der Waals surface area (Å²) in [4.78, 5) is 28.1. The van der Waals surface area contributed by atoms with Crippen molar-refractivity contribution in [1.82, 2.24) is 38.9 Å². The van der Waals surface area contributed by atoms with Crippen molar-refractivity contribution < 1.29 is 19.7 Å².